The number of likely N-dealkylation sites (tertiary alicyclic amines) is 1. The molecule has 14 heavy (non-hydrogen) atoms. The third kappa shape index (κ3) is 1.82. The van der Waals surface area contributed by atoms with Gasteiger partial charge in [0.15, 0.2) is 0 Å². The molecule has 0 aromatic rings. The summed E-state index contributed by atoms with van der Waals surface area (Å²) < 4.78 is 0. The molecule has 0 amide bonds. The molecule has 2 rings (SSSR count). The molecule has 0 bridgehead atoms. The van der Waals surface area contributed by atoms with E-state index in [9.17, 15) is 5.11 Å². The zero-order chi connectivity index (χ0) is 10.2. The van der Waals surface area contributed by atoms with Crippen LogP contribution in [0.2, 0.25) is 0 Å². The van der Waals surface area contributed by atoms with E-state index < -0.39 is 0 Å². The van der Waals surface area contributed by atoms with Crippen molar-refractivity contribution in [1.82, 2.24) is 4.90 Å². The van der Waals surface area contributed by atoms with Crippen LogP contribution in [0.4, 0.5) is 0 Å². The van der Waals surface area contributed by atoms with Crippen LogP contribution in [0.5, 0.6) is 0 Å². The molecule has 2 nitrogen and oxygen atoms in total. The first-order valence-electron chi connectivity index (χ1n) is 6.04. The largest absolute Gasteiger partial charge is 0.393 e. The highest BCUT2D eigenvalue weighted by Crippen LogP contribution is 2.40. The average Bonchev–Trinajstić information content (AvgIpc) is 2.00. The SMILES string of the molecule is CC(C)(C1CCC1)N1CCC(O)CC1. The highest BCUT2D eigenvalue weighted by Gasteiger charge is 2.39. The Morgan fingerprint density at radius 2 is 1.64 bits per heavy atom. The van der Waals surface area contributed by atoms with Crippen LogP contribution >= 0.6 is 0 Å². The lowest BCUT2D eigenvalue weighted by molar-refractivity contribution is -0.0181. The van der Waals surface area contributed by atoms with E-state index in [-0.39, 0.29) is 6.10 Å². The molecule has 1 aliphatic carbocycles. The molecule has 0 aromatic carbocycles. The molecular formula is C12H23NO. The van der Waals surface area contributed by atoms with E-state index in [1.165, 1.54) is 19.3 Å². The first kappa shape index (κ1) is 10.4. The number of rotatable bonds is 2. The lowest BCUT2D eigenvalue weighted by Crippen LogP contribution is -2.54. The standard InChI is InChI=1S/C12H23NO/c1-12(2,10-4-3-5-10)13-8-6-11(14)7-9-13/h10-11,14H,3-9H2,1-2H3. The zero-order valence-corrected chi connectivity index (χ0v) is 9.50. The van der Waals surface area contributed by atoms with Gasteiger partial charge in [0.05, 0.1) is 6.10 Å². The predicted molar refractivity (Wildman–Crippen MR) is 58.2 cm³/mol. The van der Waals surface area contributed by atoms with Crippen LogP contribution in [0.3, 0.4) is 0 Å². The van der Waals surface area contributed by atoms with E-state index in [0.717, 1.165) is 31.8 Å². The van der Waals surface area contributed by atoms with Gasteiger partial charge >= 0.3 is 0 Å². The van der Waals surface area contributed by atoms with Gasteiger partial charge in [-0.3, -0.25) is 4.90 Å². The molecule has 0 unspecified atom stereocenters. The van der Waals surface area contributed by atoms with Gasteiger partial charge in [0.25, 0.3) is 0 Å². The second-order valence-corrected chi connectivity index (χ2v) is 5.50. The van der Waals surface area contributed by atoms with Crippen molar-refractivity contribution in [1.29, 1.82) is 0 Å². The third-order valence-electron chi connectivity index (χ3n) is 4.38. The molecular weight excluding hydrogens is 174 g/mol. The minimum Gasteiger partial charge on any atom is -0.393 e. The summed E-state index contributed by atoms with van der Waals surface area (Å²) >= 11 is 0. The lowest BCUT2D eigenvalue weighted by Gasteiger charge is -2.50. The smallest absolute Gasteiger partial charge is 0.0564 e. The molecule has 2 fully saturated rings. The molecule has 82 valence electrons. The van der Waals surface area contributed by atoms with E-state index in [1.54, 1.807) is 0 Å². The molecule has 2 aliphatic rings. The molecule has 1 N–H and O–H groups in total. The molecule has 1 saturated heterocycles. The predicted octanol–water partition coefficient (Wildman–Crippen LogP) is 2.02. The summed E-state index contributed by atoms with van der Waals surface area (Å²) in [5, 5.41) is 9.48. The molecule has 0 radical (unpaired) electrons. The van der Waals surface area contributed by atoms with Crippen molar-refractivity contribution in [2.75, 3.05) is 13.1 Å². The first-order chi connectivity index (χ1) is 6.60. The number of aliphatic hydroxyl groups is 1. The van der Waals surface area contributed by atoms with Gasteiger partial charge < -0.3 is 5.11 Å². The number of hydrogen-bond acceptors (Lipinski definition) is 2. The first-order valence-corrected chi connectivity index (χ1v) is 6.04. The van der Waals surface area contributed by atoms with Gasteiger partial charge in [0.1, 0.15) is 0 Å². The fourth-order valence-corrected chi connectivity index (χ4v) is 2.82. The summed E-state index contributed by atoms with van der Waals surface area (Å²) in [4.78, 5) is 2.59. The Balaban J connectivity index is 1.92. The molecule has 2 heteroatoms. The van der Waals surface area contributed by atoms with Crippen LogP contribution in [0.1, 0.15) is 46.0 Å². The summed E-state index contributed by atoms with van der Waals surface area (Å²) in [6, 6.07) is 0. The highest BCUT2D eigenvalue weighted by molar-refractivity contribution is 4.94. The second-order valence-electron chi connectivity index (χ2n) is 5.50. The van der Waals surface area contributed by atoms with Gasteiger partial charge in [-0.25, -0.2) is 0 Å². The van der Waals surface area contributed by atoms with Crippen LogP contribution in [0, 0.1) is 5.92 Å². The molecule has 0 atom stereocenters. The third-order valence-corrected chi connectivity index (χ3v) is 4.38. The van der Waals surface area contributed by atoms with Crippen LogP contribution < -0.4 is 0 Å². The number of piperidine rings is 1. The van der Waals surface area contributed by atoms with E-state index >= 15 is 0 Å². The van der Waals surface area contributed by atoms with Crippen molar-refractivity contribution in [3.63, 3.8) is 0 Å². The summed E-state index contributed by atoms with van der Waals surface area (Å²) in [5.74, 6) is 0.901. The van der Waals surface area contributed by atoms with Crippen molar-refractivity contribution >= 4 is 0 Å². The van der Waals surface area contributed by atoms with Crippen LogP contribution in [0.15, 0.2) is 0 Å². The molecule has 0 aromatic heterocycles. The van der Waals surface area contributed by atoms with Crippen LogP contribution in [-0.2, 0) is 0 Å². The van der Waals surface area contributed by atoms with Gasteiger partial charge in [0, 0.05) is 18.6 Å². The Morgan fingerprint density at radius 3 is 2.07 bits per heavy atom. The second kappa shape index (κ2) is 3.82. The number of aliphatic hydroxyl groups excluding tert-OH is 1. The Kier molecular flexibility index (Phi) is 2.85. The molecule has 1 aliphatic heterocycles. The number of nitrogens with zero attached hydrogens (tertiary/aromatic N) is 1. The Morgan fingerprint density at radius 1 is 1.07 bits per heavy atom. The normalized spacial score (nSPS) is 27.6. The molecule has 1 saturated carbocycles. The quantitative estimate of drug-likeness (QED) is 0.732. The van der Waals surface area contributed by atoms with Gasteiger partial charge in [-0.05, 0) is 45.4 Å². The van der Waals surface area contributed by atoms with Crippen LogP contribution in [0.25, 0.3) is 0 Å². The van der Waals surface area contributed by atoms with Crippen molar-refractivity contribution in [3.05, 3.63) is 0 Å². The minimum absolute atomic E-state index is 0.0385. The minimum atomic E-state index is -0.0385. The summed E-state index contributed by atoms with van der Waals surface area (Å²) in [6.45, 7) is 6.94. The van der Waals surface area contributed by atoms with Gasteiger partial charge in [-0.2, -0.15) is 0 Å². The van der Waals surface area contributed by atoms with E-state index in [1.807, 2.05) is 0 Å². The molecule has 0 spiro atoms. The van der Waals surface area contributed by atoms with Crippen molar-refractivity contribution in [2.45, 2.75) is 57.6 Å². The summed E-state index contributed by atoms with van der Waals surface area (Å²) in [5.41, 5.74) is 0.373. The fraction of sp³-hybridized carbons (Fsp3) is 1.00. The summed E-state index contributed by atoms with van der Waals surface area (Å²) in [7, 11) is 0. The lowest BCUT2D eigenvalue weighted by atomic mass is 9.71. The Labute approximate surface area is 87.3 Å². The van der Waals surface area contributed by atoms with Gasteiger partial charge in [-0.15, -0.1) is 0 Å². The average molecular weight is 197 g/mol. The maximum absolute atomic E-state index is 9.48. The van der Waals surface area contributed by atoms with E-state index in [2.05, 4.69) is 18.7 Å². The van der Waals surface area contributed by atoms with E-state index in [4.69, 9.17) is 0 Å². The van der Waals surface area contributed by atoms with Crippen molar-refractivity contribution in [2.24, 2.45) is 5.92 Å². The number of hydrogen-bond donors (Lipinski definition) is 1. The zero-order valence-electron chi connectivity index (χ0n) is 9.50. The van der Waals surface area contributed by atoms with Crippen molar-refractivity contribution in [3.8, 4) is 0 Å². The van der Waals surface area contributed by atoms with Gasteiger partial charge in [0.2, 0.25) is 0 Å². The Bertz CT molecular complexity index is 190. The van der Waals surface area contributed by atoms with E-state index in [0.29, 0.717) is 5.54 Å². The monoisotopic (exact) mass is 197 g/mol. The maximum Gasteiger partial charge on any atom is 0.0564 e. The van der Waals surface area contributed by atoms with Crippen LogP contribution in [-0.4, -0.2) is 34.7 Å². The topological polar surface area (TPSA) is 23.5 Å². The van der Waals surface area contributed by atoms with Crippen molar-refractivity contribution < 1.29 is 5.11 Å². The Hall–Kier alpha value is -0.0800. The molecule has 1 heterocycles. The fourth-order valence-electron chi connectivity index (χ4n) is 2.82. The maximum atomic E-state index is 9.48. The summed E-state index contributed by atoms with van der Waals surface area (Å²) in [6.07, 6.45) is 6.14. The highest BCUT2D eigenvalue weighted by atomic mass is 16.3. The van der Waals surface area contributed by atoms with Gasteiger partial charge in [-0.1, -0.05) is 6.42 Å².